The van der Waals surface area contributed by atoms with Gasteiger partial charge in [-0.25, -0.2) is 9.97 Å². The highest BCUT2D eigenvalue weighted by Gasteiger charge is 2.42. The number of benzene rings is 7. The first-order chi connectivity index (χ1) is 27.8. The molecule has 0 spiro atoms. The van der Waals surface area contributed by atoms with Crippen LogP contribution < -0.4 is 15.3 Å². The molecule has 1 atom stereocenters. The van der Waals surface area contributed by atoms with Gasteiger partial charge in [-0.2, -0.15) is 0 Å². The number of para-hydroxylation sites is 4. The molecule has 260 valence electrons. The number of furan rings is 1. The van der Waals surface area contributed by atoms with E-state index in [0.29, 0.717) is 11.4 Å². The van der Waals surface area contributed by atoms with Gasteiger partial charge in [0, 0.05) is 53.1 Å². The van der Waals surface area contributed by atoms with Crippen molar-refractivity contribution < 1.29 is 4.42 Å². The summed E-state index contributed by atoms with van der Waals surface area (Å²) in [5.41, 5.74) is 13.2. The molecule has 0 fully saturated rings. The highest BCUT2D eigenvalue weighted by Crippen LogP contribution is 2.55. The van der Waals surface area contributed by atoms with Gasteiger partial charge < -0.3 is 13.9 Å². The Labute approximate surface area is 323 Å². The maximum Gasteiger partial charge on any atom is 0.196 e. The van der Waals surface area contributed by atoms with Gasteiger partial charge in [-0.05, 0) is 88.2 Å². The zero-order chi connectivity index (χ0) is 36.2. The monoisotopic (exact) mass is 732 g/mol. The normalized spacial score (nSPS) is 15.3. The Morgan fingerprint density at radius 1 is 0.625 bits per heavy atom. The van der Waals surface area contributed by atoms with Gasteiger partial charge in [-0.3, -0.25) is 0 Å². The van der Waals surface area contributed by atoms with E-state index < -0.39 is 0 Å². The number of thiophene rings is 1. The first kappa shape index (κ1) is 29.4. The number of hydrogen-bond acceptors (Lipinski definition) is 5. The second-order valence-corrected chi connectivity index (χ2v) is 16.2. The summed E-state index contributed by atoms with van der Waals surface area (Å²) >= 11 is 1.89. The Kier molecular flexibility index (Phi) is 5.44. The van der Waals surface area contributed by atoms with E-state index in [2.05, 4.69) is 149 Å². The molecule has 1 unspecified atom stereocenters. The summed E-state index contributed by atoms with van der Waals surface area (Å²) in [7, 11) is 0. The third-order valence-electron chi connectivity index (χ3n) is 12.4. The van der Waals surface area contributed by atoms with E-state index in [1.165, 1.54) is 69.3 Å². The molecular weight excluding hydrogens is 705 g/mol. The summed E-state index contributed by atoms with van der Waals surface area (Å²) in [4.78, 5) is 13.6. The molecule has 56 heavy (non-hydrogen) atoms. The summed E-state index contributed by atoms with van der Waals surface area (Å²) in [6, 6.07) is 52.4. The minimum Gasteiger partial charge on any atom is -0.450 e. The van der Waals surface area contributed by atoms with Gasteiger partial charge in [-0.1, -0.05) is 97.1 Å². The highest BCUT2D eigenvalue weighted by molar-refractivity contribution is 7.26. The first-order valence-electron chi connectivity index (χ1n) is 19.2. The molecule has 0 radical (unpaired) electrons. The Morgan fingerprint density at radius 2 is 1.39 bits per heavy atom. The molecule has 5 heterocycles. The van der Waals surface area contributed by atoms with Crippen LogP contribution >= 0.6 is 11.3 Å². The highest BCUT2D eigenvalue weighted by atomic mass is 32.1. The van der Waals surface area contributed by atoms with Gasteiger partial charge >= 0.3 is 0 Å². The fraction of sp³-hybridized carbons (Fsp3) is 0.0400. The quantitative estimate of drug-likeness (QED) is 0.181. The van der Waals surface area contributed by atoms with E-state index in [1.807, 2.05) is 23.5 Å². The van der Waals surface area contributed by atoms with Crippen LogP contribution in [0.25, 0.3) is 104 Å². The predicted molar refractivity (Wildman–Crippen MR) is 231 cm³/mol. The topological polar surface area (TPSA) is 47.1 Å². The molecule has 0 saturated carbocycles. The van der Waals surface area contributed by atoms with Crippen LogP contribution in [0, 0.1) is 0 Å². The molecule has 11 aromatic rings. The van der Waals surface area contributed by atoms with Gasteiger partial charge in [0.1, 0.15) is 11.1 Å². The fourth-order valence-corrected chi connectivity index (χ4v) is 11.4. The van der Waals surface area contributed by atoms with Crippen molar-refractivity contribution in [1.82, 2.24) is 14.5 Å². The van der Waals surface area contributed by atoms with E-state index in [1.54, 1.807) is 0 Å². The van der Waals surface area contributed by atoms with Crippen LogP contribution in [0.4, 0.5) is 11.5 Å². The van der Waals surface area contributed by atoms with Crippen LogP contribution in [0.1, 0.15) is 12.0 Å². The van der Waals surface area contributed by atoms with E-state index in [4.69, 9.17) is 14.4 Å². The molecule has 2 aliphatic carbocycles. The van der Waals surface area contributed by atoms with Gasteiger partial charge in [0.25, 0.3) is 0 Å². The summed E-state index contributed by atoms with van der Waals surface area (Å²) in [5, 5.41) is 8.73. The number of hydrogen-bond donors (Lipinski definition) is 0. The van der Waals surface area contributed by atoms with Crippen molar-refractivity contribution in [1.29, 1.82) is 0 Å². The van der Waals surface area contributed by atoms with Crippen LogP contribution in [-0.2, 0) is 0 Å². The zero-order valence-electron chi connectivity index (χ0n) is 29.8. The van der Waals surface area contributed by atoms with E-state index in [0.717, 1.165) is 51.0 Å². The average molecular weight is 733 g/mol. The fourth-order valence-electron chi connectivity index (χ4n) is 10.2. The smallest absolute Gasteiger partial charge is 0.196 e. The molecule has 0 amide bonds. The van der Waals surface area contributed by atoms with Crippen molar-refractivity contribution in [3.63, 3.8) is 0 Å². The lowest BCUT2D eigenvalue weighted by molar-refractivity contribution is 0.662. The molecule has 4 aromatic heterocycles. The number of fused-ring (bicyclic) bond motifs is 7. The second kappa shape index (κ2) is 10.4. The van der Waals surface area contributed by atoms with Crippen molar-refractivity contribution in [2.24, 2.45) is 0 Å². The molecule has 1 aliphatic heterocycles. The van der Waals surface area contributed by atoms with Crippen molar-refractivity contribution in [3.05, 3.63) is 162 Å². The largest absolute Gasteiger partial charge is 0.450 e. The van der Waals surface area contributed by atoms with E-state index in [9.17, 15) is 0 Å². The Hall–Kier alpha value is -7.02. The molecule has 6 heteroatoms. The van der Waals surface area contributed by atoms with Crippen molar-refractivity contribution in [3.8, 4) is 28.2 Å². The Morgan fingerprint density at radius 3 is 2.34 bits per heavy atom. The number of nitrogens with zero attached hydrogens (tertiary/aromatic N) is 4. The molecule has 0 bridgehead atoms. The average Bonchev–Trinajstić information content (AvgIpc) is 3.99. The summed E-state index contributed by atoms with van der Waals surface area (Å²) in [5.74, 6) is 1.48. The predicted octanol–water partition coefficient (Wildman–Crippen LogP) is 11.4. The Bertz CT molecular complexity index is 3700. The zero-order valence-corrected chi connectivity index (χ0v) is 30.6. The van der Waals surface area contributed by atoms with Crippen LogP contribution in [0.2, 0.25) is 0 Å². The second-order valence-electron chi connectivity index (χ2n) is 15.2. The third-order valence-corrected chi connectivity index (χ3v) is 13.5. The van der Waals surface area contributed by atoms with Crippen LogP contribution in [-0.4, -0.2) is 20.6 Å². The minimum atomic E-state index is 0.0271. The lowest BCUT2D eigenvalue weighted by Crippen LogP contribution is -2.39. The van der Waals surface area contributed by atoms with Crippen LogP contribution in [0.3, 0.4) is 0 Å². The first-order valence-corrected chi connectivity index (χ1v) is 20.0. The minimum absolute atomic E-state index is 0.0271. The lowest BCUT2D eigenvalue weighted by Gasteiger charge is -2.28. The maximum absolute atomic E-state index is 6.84. The van der Waals surface area contributed by atoms with Crippen LogP contribution in [0.5, 0.6) is 0 Å². The molecule has 14 rings (SSSR count). The van der Waals surface area contributed by atoms with Crippen molar-refractivity contribution >= 4 is 98.5 Å². The van der Waals surface area contributed by atoms with Crippen molar-refractivity contribution in [2.45, 2.75) is 12.5 Å². The van der Waals surface area contributed by atoms with Crippen LogP contribution in [0.15, 0.2) is 150 Å². The van der Waals surface area contributed by atoms with Gasteiger partial charge in [0.05, 0.1) is 22.8 Å². The summed E-state index contributed by atoms with van der Waals surface area (Å²) < 4.78 is 11.9. The number of rotatable bonds is 3. The van der Waals surface area contributed by atoms with E-state index in [-0.39, 0.29) is 6.04 Å². The summed E-state index contributed by atoms with van der Waals surface area (Å²) in [6.45, 7) is 0. The third kappa shape index (κ3) is 3.56. The van der Waals surface area contributed by atoms with Gasteiger partial charge in [0.15, 0.2) is 17.2 Å². The van der Waals surface area contributed by atoms with Gasteiger partial charge in [0.2, 0.25) is 0 Å². The molecule has 7 aromatic carbocycles. The Balaban J connectivity index is 1.13. The van der Waals surface area contributed by atoms with Crippen molar-refractivity contribution in [2.75, 3.05) is 4.90 Å². The molecular formula is C50H28N4OS. The molecule has 0 N–H and O–H groups in total. The van der Waals surface area contributed by atoms with E-state index >= 15 is 0 Å². The number of aromatic nitrogens is 3. The lowest BCUT2D eigenvalue weighted by atomic mass is 9.89. The maximum atomic E-state index is 6.84. The standard InChI is InChI=1S/C50H28N4OS/c1-2-12-28(13-3-1)53-35-20-6-4-14-29(35)32-18-9-19-34(47(32)53)49-51-46-33-15-5-7-21-38(33)55-48(46)50(52-49)54-36-24-23-27-11-8-16-30-31-17-10-22-39-42(31)45-40(56-39)26-25-37(54)44(45)43(36)41(27)30/h1-23,25-26,36H,24H2. The SMILES string of the molecule is C1=c2cccc3c2=C2c4c(ccc5sc6cccc-3c6c45)N(c3nc(-c4cccc5c6ccccc6n(-c6ccccc6)c45)nc4c3oc3ccccc34)C2C1. The summed E-state index contributed by atoms with van der Waals surface area (Å²) in [6.07, 6.45) is 3.28. The molecule has 3 aliphatic rings. The molecule has 5 nitrogen and oxygen atoms in total. The van der Waals surface area contributed by atoms with Gasteiger partial charge in [-0.15, -0.1) is 11.3 Å². The number of anilines is 2. The molecule has 0 saturated heterocycles.